The molecule has 3 heterocycles. The van der Waals surface area contributed by atoms with Gasteiger partial charge in [-0.15, -0.1) is 11.3 Å². The van der Waals surface area contributed by atoms with Crippen LogP contribution >= 0.6 is 11.3 Å². The standard InChI is InChI=1S/C21H15N5OS/c22-10-15-6-7-18-16(8-15)9-19(28-18)20-25-21(12-27-20,11-26-14-23-13-24-26)17-4-2-1-3-5-17/h1-9,13-14H,11-12H2. The van der Waals surface area contributed by atoms with Crippen molar-refractivity contribution in [2.24, 2.45) is 4.99 Å². The molecule has 4 aromatic rings. The monoisotopic (exact) mass is 385 g/mol. The zero-order valence-corrected chi connectivity index (χ0v) is 15.6. The minimum Gasteiger partial charge on any atom is -0.474 e. The zero-order valence-electron chi connectivity index (χ0n) is 14.8. The van der Waals surface area contributed by atoms with E-state index in [0.717, 1.165) is 20.5 Å². The lowest BCUT2D eigenvalue weighted by Crippen LogP contribution is -2.31. The fourth-order valence-corrected chi connectivity index (χ4v) is 4.43. The van der Waals surface area contributed by atoms with Crippen molar-refractivity contribution in [1.82, 2.24) is 14.8 Å². The quantitative estimate of drug-likeness (QED) is 0.536. The maximum atomic E-state index is 9.12. The highest BCUT2D eigenvalue weighted by molar-refractivity contribution is 7.20. The fourth-order valence-electron chi connectivity index (χ4n) is 3.44. The molecule has 0 bridgehead atoms. The number of thiophene rings is 1. The predicted octanol–water partition coefficient (Wildman–Crippen LogP) is 3.74. The van der Waals surface area contributed by atoms with Gasteiger partial charge in [0.25, 0.3) is 0 Å². The maximum absolute atomic E-state index is 9.12. The van der Waals surface area contributed by atoms with E-state index in [1.807, 2.05) is 42.5 Å². The molecule has 0 radical (unpaired) electrons. The van der Waals surface area contributed by atoms with Gasteiger partial charge in [0, 0.05) is 4.70 Å². The summed E-state index contributed by atoms with van der Waals surface area (Å²) >= 11 is 1.62. The molecule has 0 amide bonds. The topological polar surface area (TPSA) is 76.1 Å². The van der Waals surface area contributed by atoms with Crippen molar-refractivity contribution in [3.05, 3.63) is 83.3 Å². The van der Waals surface area contributed by atoms with Crippen LogP contribution in [0.2, 0.25) is 0 Å². The first-order valence-electron chi connectivity index (χ1n) is 8.80. The second-order valence-electron chi connectivity index (χ2n) is 6.67. The lowest BCUT2D eigenvalue weighted by molar-refractivity contribution is 0.230. The number of fused-ring (bicyclic) bond motifs is 1. The summed E-state index contributed by atoms with van der Waals surface area (Å²) in [6, 6.07) is 20.1. The molecule has 7 heteroatoms. The van der Waals surface area contributed by atoms with Gasteiger partial charge in [0.15, 0.2) is 0 Å². The van der Waals surface area contributed by atoms with Gasteiger partial charge in [0.05, 0.1) is 23.1 Å². The first kappa shape index (κ1) is 16.7. The van der Waals surface area contributed by atoms with E-state index in [1.54, 1.807) is 22.3 Å². The third-order valence-corrected chi connectivity index (χ3v) is 5.92. The number of aromatic nitrogens is 3. The summed E-state index contributed by atoms with van der Waals surface area (Å²) in [7, 11) is 0. The van der Waals surface area contributed by atoms with Crippen molar-refractivity contribution in [3.63, 3.8) is 0 Å². The molecule has 0 aliphatic carbocycles. The molecule has 2 aromatic heterocycles. The van der Waals surface area contributed by atoms with E-state index in [2.05, 4.69) is 28.3 Å². The third-order valence-electron chi connectivity index (χ3n) is 4.82. The Labute approximate surface area is 165 Å². The average molecular weight is 385 g/mol. The van der Waals surface area contributed by atoms with Crippen LogP contribution in [0.5, 0.6) is 0 Å². The molecule has 28 heavy (non-hydrogen) atoms. The molecule has 0 N–H and O–H groups in total. The Kier molecular flexibility index (Phi) is 3.92. The first-order valence-corrected chi connectivity index (χ1v) is 9.62. The number of nitrogens with zero attached hydrogens (tertiary/aromatic N) is 5. The van der Waals surface area contributed by atoms with Gasteiger partial charge in [-0.25, -0.2) is 9.98 Å². The van der Waals surface area contributed by atoms with E-state index in [0.29, 0.717) is 24.6 Å². The molecule has 0 saturated heterocycles. The third kappa shape index (κ3) is 2.84. The molecule has 6 nitrogen and oxygen atoms in total. The van der Waals surface area contributed by atoms with Gasteiger partial charge in [-0.3, -0.25) is 4.68 Å². The van der Waals surface area contributed by atoms with Crippen LogP contribution in [-0.4, -0.2) is 27.3 Å². The van der Waals surface area contributed by atoms with Crippen LogP contribution in [0.15, 0.2) is 72.2 Å². The van der Waals surface area contributed by atoms with Crippen molar-refractivity contribution in [3.8, 4) is 6.07 Å². The lowest BCUT2D eigenvalue weighted by atomic mass is 9.92. The SMILES string of the molecule is N#Cc1ccc2sc(C3=NC(Cn4cncn4)(c4ccccc4)CO3)cc2c1. The van der Waals surface area contributed by atoms with E-state index in [1.165, 1.54) is 6.33 Å². The van der Waals surface area contributed by atoms with Crippen LogP contribution in [-0.2, 0) is 16.8 Å². The zero-order chi connectivity index (χ0) is 19.0. The van der Waals surface area contributed by atoms with Crippen LogP contribution in [0.4, 0.5) is 0 Å². The number of aliphatic imine (C=N–C) groups is 1. The molecule has 5 rings (SSSR count). The van der Waals surface area contributed by atoms with E-state index in [4.69, 9.17) is 15.0 Å². The number of benzene rings is 2. The number of hydrogen-bond donors (Lipinski definition) is 0. The minimum absolute atomic E-state index is 0.434. The highest BCUT2D eigenvalue weighted by Gasteiger charge is 2.40. The van der Waals surface area contributed by atoms with Crippen LogP contribution < -0.4 is 0 Å². The van der Waals surface area contributed by atoms with Gasteiger partial charge in [0.1, 0.15) is 24.8 Å². The molecule has 1 aliphatic rings. The number of hydrogen-bond acceptors (Lipinski definition) is 6. The highest BCUT2D eigenvalue weighted by atomic mass is 32.1. The number of rotatable bonds is 4. The number of nitriles is 1. The van der Waals surface area contributed by atoms with Crippen molar-refractivity contribution < 1.29 is 4.74 Å². The Balaban J connectivity index is 1.58. The average Bonchev–Trinajstić information content (AvgIpc) is 3.48. The molecule has 1 atom stereocenters. The molecule has 0 saturated carbocycles. The van der Waals surface area contributed by atoms with Crippen molar-refractivity contribution in [1.29, 1.82) is 5.26 Å². The summed E-state index contributed by atoms with van der Waals surface area (Å²) in [5.41, 5.74) is 1.17. The molecule has 1 aliphatic heterocycles. The van der Waals surface area contributed by atoms with Crippen molar-refractivity contribution in [2.45, 2.75) is 12.1 Å². The second kappa shape index (κ2) is 6.59. The fraction of sp³-hybridized carbons (Fsp3) is 0.143. The Morgan fingerprint density at radius 2 is 2.07 bits per heavy atom. The van der Waals surface area contributed by atoms with Crippen LogP contribution in [0.25, 0.3) is 10.1 Å². The van der Waals surface area contributed by atoms with Gasteiger partial charge in [-0.05, 0) is 35.2 Å². The van der Waals surface area contributed by atoms with Crippen molar-refractivity contribution in [2.75, 3.05) is 6.61 Å². The summed E-state index contributed by atoms with van der Waals surface area (Å²) in [5, 5.41) is 14.4. The molecule has 1 unspecified atom stereocenters. The summed E-state index contributed by atoms with van der Waals surface area (Å²) in [5.74, 6) is 0.628. The maximum Gasteiger partial charge on any atom is 0.227 e. The highest BCUT2D eigenvalue weighted by Crippen LogP contribution is 2.36. The molecule has 2 aromatic carbocycles. The molecule has 0 spiro atoms. The normalized spacial score (nSPS) is 18.6. The summed E-state index contributed by atoms with van der Waals surface area (Å²) in [6.45, 7) is 0.980. The smallest absolute Gasteiger partial charge is 0.227 e. The first-order chi connectivity index (χ1) is 13.8. The van der Waals surface area contributed by atoms with Gasteiger partial charge < -0.3 is 4.74 Å². The Morgan fingerprint density at radius 1 is 1.18 bits per heavy atom. The van der Waals surface area contributed by atoms with Gasteiger partial charge in [-0.1, -0.05) is 30.3 Å². The second-order valence-corrected chi connectivity index (χ2v) is 7.76. The summed E-state index contributed by atoms with van der Waals surface area (Å²) < 4.78 is 8.97. The van der Waals surface area contributed by atoms with E-state index in [-0.39, 0.29) is 0 Å². The van der Waals surface area contributed by atoms with Crippen LogP contribution in [0.3, 0.4) is 0 Å². The van der Waals surface area contributed by atoms with Crippen molar-refractivity contribution >= 4 is 27.3 Å². The molecular formula is C21H15N5OS. The summed E-state index contributed by atoms with van der Waals surface area (Å²) in [4.78, 5) is 10.0. The van der Waals surface area contributed by atoms with Crippen LogP contribution in [0.1, 0.15) is 16.0 Å². The molecular weight excluding hydrogens is 370 g/mol. The largest absolute Gasteiger partial charge is 0.474 e. The van der Waals surface area contributed by atoms with E-state index < -0.39 is 5.54 Å². The van der Waals surface area contributed by atoms with E-state index >= 15 is 0 Å². The molecule has 0 fully saturated rings. The van der Waals surface area contributed by atoms with Crippen LogP contribution in [0, 0.1) is 11.3 Å². The molecule has 136 valence electrons. The van der Waals surface area contributed by atoms with Gasteiger partial charge in [-0.2, -0.15) is 10.4 Å². The Hall–Kier alpha value is -3.50. The van der Waals surface area contributed by atoms with Gasteiger partial charge in [0.2, 0.25) is 5.90 Å². The Bertz CT molecular complexity index is 1210. The predicted molar refractivity (Wildman–Crippen MR) is 107 cm³/mol. The minimum atomic E-state index is -0.557. The Morgan fingerprint density at radius 3 is 2.86 bits per heavy atom. The lowest BCUT2D eigenvalue weighted by Gasteiger charge is -2.24. The summed E-state index contributed by atoms with van der Waals surface area (Å²) in [6.07, 6.45) is 3.22. The van der Waals surface area contributed by atoms with Gasteiger partial charge >= 0.3 is 0 Å². The van der Waals surface area contributed by atoms with E-state index in [9.17, 15) is 0 Å². The number of ether oxygens (including phenoxy) is 1.